The zero-order chi connectivity index (χ0) is 8.10. The Morgan fingerprint density at radius 2 is 2.09 bits per heavy atom. The molecule has 0 aliphatic heterocycles. The molecule has 0 aromatic rings. The van der Waals surface area contributed by atoms with Gasteiger partial charge in [0.15, 0.2) is 0 Å². The molecule has 1 heteroatoms. The fourth-order valence-corrected chi connectivity index (χ4v) is 1.55. The minimum absolute atomic E-state index is 0.812. The van der Waals surface area contributed by atoms with E-state index in [0.29, 0.717) is 0 Å². The lowest BCUT2D eigenvalue weighted by molar-refractivity contribution is 0.248. The molecule has 0 bridgehead atoms. The van der Waals surface area contributed by atoms with E-state index in [0.717, 1.165) is 24.9 Å². The van der Waals surface area contributed by atoms with Crippen molar-refractivity contribution in [2.75, 3.05) is 6.54 Å². The van der Waals surface area contributed by atoms with Crippen LogP contribution in [-0.2, 0) is 0 Å². The Morgan fingerprint density at radius 1 is 1.36 bits per heavy atom. The lowest BCUT2D eigenvalue weighted by Gasteiger charge is -2.33. The van der Waals surface area contributed by atoms with Gasteiger partial charge in [-0.2, -0.15) is 0 Å². The summed E-state index contributed by atoms with van der Waals surface area (Å²) in [5, 5.41) is 3.50. The fourth-order valence-electron chi connectivity index (χ4n) is 1.55. The third-order valence-electron chi connectivity index (χ3n) is 2.30. The van der Waals surface area contributed by atoms with Gasteiger partial charge in [-0.15, -0.1) is 0 Å². The minimum Gasteiger partial charge on any atom is -0.311 e. The van der Waals surface area contributed by atoms with E-state index < -0.39 is 0 Å². The molecule has 1 nitrogen and oxygen atoms in total. The van der Waals surface area contributed by atoms with Gasteiger partial charge in [-0.05, 0) is 25.2 Å². The van der Waals surface area contributed by atoms with Gasteiger partial charge in [-0.25, -0.2) is 0 Å². The van der Waals surface area contributed by atoms with E-state index >= 15 is 0 Å². The normalized spacial score (nSPS) is 30.7. The molecule has 1 N–H and O–H groups in total. The van der Waals surface area contributed by atoms with Crippen molar-refractivity contribution in [3.63, 3.8) is 0 Å². The molecule has 64 valence electrons. The molecule has 0 atom stereocenters. The number of hydrogen-bond acceptors (Lipinski definition) is 1. The summed E-state index contributed by atoms with van der Waals surface area (Å²) in [5.41, 5.74) is 0. The first-order valence-corrected chi connectivity index (χ1v) is 4.71. The Hall–Kier alpha value is -0.300. The van der Waals surface area contributed by atoms with Crippen molar-refractivity contribution in [1.82, 2.24) is 5.32 Å². The van der Waals surface area contributed by atoms with Crippen LogP contribution in [0.1, 0.15) is 33.1 Å². The standard InChI is InChI=1S/C10H19N/c1-3-4-5-6-11-10-7-9(2)8-10/h4-5,9-11H,3,6-8H2,1-2H3/b5-4+. The van der Waals surface area contributed by atoms with Crippen molar-refractivity contribution in [3.8, 4) is 0 Å². The van der Waals surface area contributed by atoms with Crippen molar-refractivity contribution >= 4 is 0 Å². The van der Waals surface area contributed by atoms with E-state index in [9.17, 15) is 0 Å². The molecule has 0 unspecified atom stereocenters. The highest BCUT2D eigenvalue weighted by Gasteiger charge is 2.23. The fraction of sp³-hybridized carbons (Fsp3) is 0.800. The largest absolute Gasteiger partial charge is 0.311 e. The molecule has 0 heterocycles. The molecule has 0 radical (unpaired) electrons. The lowest BCUT2D eigenvalue weighted by Crippen LogP contribution is -2.40. The zero-order valence-corrected chi connectivity index (χ0v) is 7.64. The minimum atomic E-state index is 0.812. The number of allylic oxidation sites excluding steroid dienone is 1. The molecule has 1 aliphatic carbocycles. The van der Waals surface area contributed by atoms with Gasteiger partial charge in [0.25, 0.3) is 0 Å². The Bertz CT molecular complexity index is 123. The summed E-state index contributed by atoms with van der Waals surface area (Å²) in [5.74, 6) is 0.961. The maximum absolute atomic E-state index is 3.50. The van der Waals surface area contributed by atoms with Gasteiger partial charge in [0.05, 0.1) is 0 Å². The first-order valence-electron chi connectivity index (χ1n) is 4.71. The summed E-state index contributed by atoms with van der Waals surface area (Å²) < 4.78 is 0. The van der Waals surface area contributed by atoms with Crippen LogP contribution in [0.2, 0.25) is 0 Å². The second kappa shape index (κ2) is 4.55. The van der Waals surface area contributed by atoms with E-state index in [2.05, 4.69) is 31.3 Å². The third kappa shape index (κ3) is 3.06. The SMILES string of the molecule is CC/C=C/CNC1CC(C)C1. The summed E-state index contributed by atoms with van der Waals surface area (Å²) in [7, 11) is 0. The smallest absolute Gasteiger partial charge is 0.0137 e. The molecule has 1 rings (SSSR count). The molecule has 11 heavy (non-hydrogen) atoms. The number of nitrogens with one attached hydrogen (secondary N) is 1. The quantitative estimate of drug-likeness (QED) is 0.611. The van der Waals surface area contributed by atoms with Crippen molar-refractivity contribution in [3.05, 3.63) is 12.2 Å². The maximum atomic E-state index is 3.50. The summed E-state index contributed by atoms with van der Waals surface area (Å²) in [6, 6.07) is 0.812. The van der Waals surface area contributed by atoms with Gasteiger partial charge in [0.1, 0.15) is 0 Å². The molecule has 1 fully saturated rings. The van der Waals surface area contributed by atoms with Gasteiger partial charge < -0.3 is 5.32 Å². The Morgan fingerprint density at radius 3 is 2.64 bits per heavy atom. The van der Waals surface area contributed by atoms with Crippen LogP contribution >= 0.6 is 0 Å². The van der Waals surface area contributed by atoms with Gasteiger partial charge in [-0.3, -0.25) is 0 Å². The average molecular weight is 153 g/mol. The van der Waals surface area contributed by atoms with Crippen LogP contribution in [0.4, 0.5) is 0 Å². The third-order valence-corrected chi connectivity index (χ3v) is 2.30. The predicted octanol–water partition coefficient (Wildman–Crippen LogP) is 2.34. The highest BCUT2D eigenvalue weighted by Crippen LogP contribution is 2.25. The zero-order valence-electron chi connectivity index (χ0n) is 7.64. The predicted molar refractivity (Wildman–Crippen MR) is 49.6 cm³/mol. The van der Waals surface area contributed by atoms with Crippen molar-refractivity contribution in [2.45, 2.75) is 39.2 Å². The molecular weight excluding hydrogens is 134 g/mol. The average Bonchev–Trinajstić information content (AvgIpc) is 1.94. The van der Waals surface area contributed by atoms with Gasteiger partial charge in [-0.1, -0.05) is 26.0 Å². The molecule has 1 aliphatic rings. The lowest BCUT2D eigenvalue weighted by atomic mass is 9.82. The Kier molecular flexibility index (Phi) is 3.64. The summed E-state index contributed by atoms with van der Waals surface area (Å²) in [6.45, 7) is 5.55. The Balaban J connectivity index is 1.92. The van der Waals surface area contributed by atoms with Crippen LogP contribution in [0.25, 0.3) is 0 Å². The van der Waals surface area contributed by atoms with Crippen LogP contribution in [-0.4, -0.2) is 12.6 Å². The van der Waals surface area contributed by atoms with E-state index in [1.165, 1.54) is 12.8 Å². The van der Waals surface area contributed by atoms with Gasteiger partial charge in [0.2, 0.25) is 0 Å². The summed E-state index contributed by atoms with van der Waals surface area (Å²) in [6.07, 6.45) is 8.35. The topological polar surface area (TPSA) is 12.0 Å². The second-order valence-corrected chi connectivity index (χ2v) is 3.56. The van der Waals surface area contributed by atoms with Crippen LogP contribution in [0.3, 0.4) is 0 Å². The highest BCUT2D eigenvalue weighted by atomic mass is 14.9. The van der Waals surface area contributed by atoms with Crippen molar-refractivity contribution < 1.29 is 0 Å². The van der Waals surface area contributed by atoms with E-state index in [-0.39, 0.29) is 0 Å². The van der Waals surface area contributed by atoms with Crippen molar-refractivity contribution in [1.29, 1.82) is 0 Å². The summed E-state index contributed by atoms with van der Waals surface area (Å²) in [4.78, 5) is 0. The molecular formula is C10H19N. The Labute approximate surface area is 69.9 Å². The number of hydrogen-bond donors (Lipinski definition) is 1. The van der Waals surface area contributed by atoms with E-state index in [4.69, 9.17) is 0 Å². The molecule has 0 spiro atoms. The molecule has 1 saturated carbocycles. The van der Waals surface area contributed by atoms with Crippen molar-refractivity contribution in [2.24, 2.45) is 5.92 Å². The maximum Gasteiger partial charge on any atom is 0.0137 e. The monoisotopic (exact) mass is 153 g/mol. The van der Waals surface area contributed by atoms with Crippen LogP contribution in [0.15, 0.2) is 12.2 Å². The first-order chi connectivity index (χ1) is 5.33. The number of rotatable bonds is 4. The van der Waals surface area contributed by atoms with Gasteiger partial charge in [0, 0.05) is 12.6 Å². The first kappa shape index (κ1) is 8.79. The second-order valence-electron chi connectivity index (χ2n) is 3.56. The molecule has 0 aromatic carbocycles. The van der Waals surface area contributed by atoms with Gasteiger partial charge >= 0.3 is 0 Å². The van der Waals surface area contributed by atoms with Crippen LogP contribution in [0.5, 0.6) is 0 Å². The van der Waals surface area contributed by atoms with E-state index in [1.54, 1.807) is 0 Å². The highest BCUT2D eigenvalue weighted by molar-refractivity contribution is 4.88. The van der Waals surface area contributed by atoms with E-state index in [1.807, 2.05) is 0 Å². The molecule has 0 saturated heterocycles. The molecule has 0 amide bonds. The van der Waals surface area contributed by atoms with Crippen LogP contribution in [0, 0.1) is 5.92 Å². The summed E-state index contributed by atoms with van der Waals surface area (Å²) >= 11 is 0. The van der Waals surface area contributed by atoms with Crippen LogP contribution < -0.4 is 5.32 Å². The molecule has 0 aromatic heterocycles.